The molecule has 1 heterocycles. The molecule has 8 heteroatoms. The maximum absolute atomic E-state index is 12.8. The number of benzene rings is 3. The second kappa shape index (κ2) is 11.1. The third-order valence-electron chi connectivity index (χ3n) is 5.54. The van der Waals surface area contributed by atoms with Crippen molar-refractivity contribution in [1.29, 1.82) is 0 Å². The lowest BCUT2D eigenvalue weighted by molar-refractivity contribution is -0.132. The Balaban J connectivity index is 1.33. The van der Waals surface area contributed by atoms with Gasteiger partial charge < -0.3 is 15.4 Å². The molecule has 2 N–H and O–H groups in total. The quantitative estimate of drug-likeness (QED) is 0.513. The van der Waals surface area contributed by atoms with Gasteiger partial charge in [-0.1, -0.05) is 48.5 Å². The van der Waals surface area contributed by atoms with E-state index >= 15 is 0 Å². The minimum atomic E-state index is -0.370. The summed E-state index contributed by atoms with van der Waals surface area (Å²) in [5, 5.41) is 11.4. The number of hydrogen-bond donors (Lipinski definition) is 2. The van der Waals surface area contributed by atoms with Crippen molar-refractivity contribution < 1.29 is 19.1 Å². The van der Waals surface area contributed by atoms with Crippen LogP contribution in [-0.4, -0.2) is 42.1 Å². The largest absolute Gasteiger partial charge is 0.497 e. The predicted octanol–water partition coefficient (Wildman–Crippen LogP) is 4.30. The van der Waals surface area contributed by atoms with Gasteiger partial charge in [-0.15, -0.1) is 0 Å². The van der Waals surface area contributed by atoms with Gasteiger partial charge in [-0.25, -0.2) is 5.01 Å². The zero-order valence-corrected chi connectivity index (χ0v) is 19.4. The molecule has 0 saturated carbocycles. The smallest absolute Gasteiger partial charge is 0.257 e. The summed E-state index contributed by atoms with van der Waals surface area (Å²) in [6, 6.07) is 23.4. The van der Waals surface area contributed by atoms with Crippen LogP contribution in [0.25, 0.3) is 0 Å². The van der Waals surface area contributed by atoms with Crippen LogP contribution in [0.4, 0.5) is 11.4 Å². The van der Waals surface area contributed by atoms with Crippen molar-refractivity contribution in [2.24, 2.45) is 5.10 Å². The monoisotopic (exact) mass is 470 g/mol. The molecule has 3 aromatic carbocycles. The highest BCUT2D eigenvalue weighted by Gasteiger charge is 2.22. The third-order valence-corrected chi connectivity index (χ3v) is 5.54. The van der Waals surface area contributed by atoms with Crippen molar-refractivity contribution in [1.82, 2.24) is 5.01 Å². The summed E-state index contributed by atoms with van der Waals surface area (Å²) >= 11 is 0. The molecular weight excluding hydrogens is 444 g/mol. The number of rotatable bonds is 8. The number of anilines is 2. The summed E-state index contributed by atoms with van der Waals surface area (Å²) in [5.74, 6) is -0.320. The van der Waals surface area contributed by atoms with Gasteiger partial charge in [0.25, 0.3) is 5.91 Å². The number of ether oxygens (including phenoxy) is 1. The van der Waals surface area contributed by atoms with Gasteiger partial charge in [0.1, 0.15) is 5.75 Å². The van der Waals surface area contributed by atoms with Crippen molar-refractivity contribution >= 4 is 34.8 Å². The van der Waals surface area contributed by atoms with E-state index in [0.717, 1.165) is 11.3 Å². The van der Waals surface area contributed by atoms with E-state index in [9.17, 15) is 14.4 Å². The fraction of sp³-hybridized carbons (Fsp3) is 0.185. The van der Waals surface area contributed by atoms with Gasteiger partial charge in [0.15, 0.2) is 0 Å². The van der Waals surface area contributed by atoms with Crippen molar-refractivity contribution in [2.75, 3.05) is 24.3 Å². The molecule has 0 unspecified atom stereocenters. The molecule has 0 saturated heterocycles. The minimum absolute atomic E-state index is 0.0165. The van der Waals surface area contributed by atoms with Gasteiger partial charge in [-0.3, -0.25) is 14.4 Å². The number of amides is 3. The lowest BCUT2D eigenvalue weighted by Crippen LogP contribution is -2.25. The molecule has 0 radical (unpaired) electrons. The Kier molecular flexibility index (Phi) is 7.52. The standard InChI is InChI=1S/C27H26N4O4/c1-35-21-11-7-10-20(18-21)28-27(34)22-12-5-6-13-24(22)29-25(32)14-15-26(33)31-17-16-23(30-31)19-8-3-2-4-9-19/h2-13,18H,14-17H2,1H3,(H,28,34)(H,29,32). The number of nitrogens with zero attached hydrogens (tertiary/aromatic N) is 2. The molecule has 8 nitrogen and oxygen atoms in total. The van der Waals surface area contributed by atoms with E-state index in [1.807, 2.05) is 30.3 Å². The Labute approximate surface area is 203 Å². The van der Waals surface area contributed by atoms with E-state index in [0.29, 0.717) is 35.7 Å². The average Bonchev–Trinajstić information content (AvgIpc) is 3.39. The second-order valence-electron chi connectivity index (χ2n) is 7.96. The SMILES string of the molecule is COc1cccc(NC(=O)c2ccccc2NC(=O)CCC(=O)N2CCC(c3ccccc3)=N2)c1. The van der Waals surface area contributed by atoms with Crippen molar-refractivity contribution in [3.05, 3.63) is 90.0 Å². The second-order valence-corrected chi connectivity index (χ2v) is 7.96. The summed E-state index contributed by atoms with van der Waals surface area (Å²) in [4.78, 5) is 38.0. The first-order valence-electron chi connectivity index (χ1n) is 11.3. The van der Waals surface area contributed by atoms with Crippen LogP contribution in [0.15, 0.2) is 84.0 Å². The zero-order chi connectivity index (χ0) is 24.6. The van der Waals surface area contributed by atoms with Crippen LogP contribution in [0.2, 0.25) is 0 Å². The number of hydrogen-bond acceptors (Lipinski definition) is 5. The molecule has 0 bridgehead atoms. The van der Waals surface area contributed by atoms with Crippen LogP contribution in [-0.2, 0) is 9.59 Å². The number of hydrazone groups is 1. The highest BCUT2D eigenvalue weighted by molar-refractivity contribution is 6.10. The first-order valence-corrected chi connectivity index (χ1v) is 11.3. The predicted molar refractivity (Wildman–Crippen MR) is 135 cm³/mol. The van der Waals surface area contributed by atoms with Crippen LogP contribution in [0.3, 0.4) is 0 Å². The molecule has 35 heavy (non-hydrogen) atoms. The fourth-order valence-electron chi connectivity index (χ4n) is 3.72. The number of methoxy groups -OCH3 is 1. The summed E-state index contributed by atoms with van der Waals surface area (Å²) in [7, 11) is 1.55. The van der Waals surface area contributed by atoms with Crippen LogP contribution < -0.4 is 15.4 Å². The molecule has 178 valence electrons. The van der Waals surface area contributed by atoms with Gasteiger partial charge in [0, 0.05) is 31.0 Å². The number of carbonyl (C=O) groups is 3. The Morgan fingerprint density at radius 2 is 1.69 bits per heavy atom. The third kappa shape index (κ3) is 6.11. The first kappa shape index (κ1) is 23.7. The van der Waals surface area contributed by atoms with Gasteiger partial charge in [-0.05, 0) is 29.8 Å². The number of nitrogens with one attached hydrogen (secondary N) is 2. The van der Waals surface area contributed by atoms with Gasteiger partial charge in [0.2, 0.25) is 11.8 Å². The average molecular weight is 471 g/mol. The molecule has 0 fully saturated rings. The molecule has 1 aliphatic heterocycles. The maximum atomic E-state index is 12.8. The Bertz CT molecular complexity index is 1260. The molecule has 4 rings (SSSR count). The molecule has 3 amide bonds. The van der Waals surface area contributed by atoms with Gasteiger partial charge in [-0.2, -0.15) is 5.10 Å². The van der Waals surface area contributed by atoms with E-state index in [-0.39, 0.29) is 30.6 Å². The topological polar surface area (TPSA) is 100 Å². The van der Waals surface area contributed by atoms with Crippen LogP contribution >= 0.6 is 0 Å². The number of carbonyl (C=O) groups excluding carboxylic acids is 3. The Morgan fingerprint density at radius 3 is 2.49 bits per heavy atom. The summed E-state index contributed by atoms with van der Waals surface area (Å²) < 4.78 is 5.18. The molecule has 1 aliphatic rings. The summed E-state index contributed by atoms with van der Waals surface area (Å²) in [6.45, 7) is 0.498. The van der Waals surface area contributed by atoms with Crippen molar-refractivity contribution in [3.8, 4) is 5.75 Å². The minimum Gasteiger partial charge on any atom is -0.497 e. The Morgan fingerprint density at radius 1 is 0.914 bits per heavy atom. The molecule has 0 aromatic heterocycles. The molecule has 0 aliphatic carbocycles. The van der Waals surface area contributed by atoms with Crippen LogP contribution in [0, 0.1) is 0 Å². The lowest BCUT2D eigenvalue weighted by Gasteiger charge is -2.13. The van der Waals surface area contributed by atoms with E-state index < -0.39 is 0 Å². The van der Waals surface area contributed by atoms with Gasteiger partial charge >= 0.3 is 0 Å². The highest BCUT2D eigenvalue weighted by atomic mass is 16.5. The molecule has 3 aromatic rings. The van der Waals surface area contributed by atoms with Gasteiger partial charge in [0.05, 0.1) is 30.6 Å². The molecule has 0 atom stereocenters. The molecule has 0 spiro atoms. The van der Waals surface area contributed by atoms with Crippen molar-refractivity contribution in [2.45, 2.75) is 19.3 Å². The van der Waals surface area contributed by atoms with E-state index in [1.54, 1.807) is 55.6 Å². The van der Waals surface area contributed by atoms with E-state index in [4.69, 9.17) is 4.74 Å². The van der Waals surface area contributed by atoms with E-state index in [1.165, 1.54) is 5.01 Å². The number of para-hydroxylation sites is 1. The molecular formula is C27H26N4O4. The fourth-order valence-corrected chi connectivity index (χ4v) is 3.72. The van der Waals surface area contributed by atoms with E-state index in [2.05, 4.69) is 15.7 Å². The van der Waals surface area contributed by atoms with Crippen LogP contribution in [0.1, 0.15) is 35.2 Å². The van der Waals surface area contributed by atoms with Crippen molar-refractivity contribution in [3.63, 3.8) is 0 Å². The first-order chi connectivity index (χ1) is 17.0. The van der Waals surface area contributed by atoms with Crippen LogP contribution in [0.5, 0.6) is 5.75 Å². The Hall–Kier alpha value is -4.46. The lowest BCUT2D eigenvalue weighted by atomic mass is 10.1. The zero-order valence-electron chi connectivity index (χ0n) is 19.4. The summed E-state index contributed by atoms with van der Waals surface area (Å²) in [5.41, 5.74) is 3.11. The highest BCUT2D eigenvalue weighted by Crippen LogP contribution is 2.21. The summed E-state index contributed by atoms with van der Waals surface area (Å²) in [6.07, 6.45) is 0.685. The maximum Gasteiger partial charge on any atom is 0.257 e. The normalized spacial score (nSPS) is 12.6.